The van der Waals surface area contributed by atoms with Gasteiger partial charge in [0.15, 0.2) is 0 Å². The fourth-order valence-electron chi connectivity index (χ4n) is 1.84. The molecule has 0 saturated carbocycles. The third kappa shape index (κ3) is 7.67. The highest BCUT2D eigenvalue weighted by Crippen LogP contribution is 2.17. The van der Waals surface area contributed by atoms with Gasteiger partial charge in [0.1, 0.15) is 5.60 Å². The van der Waals surface area contributed by atoms with E-state index in [1.165, 1.54) is 0 Å². The third-order valence-electron chi connectivity index (χ3n) is 3.93. The number of ether oxygens (including phenoxy) is 1. The van der Waals surface area contributed by atoms with Crippen LogP contribution >= 0.6 is 0 Å². The van der Waals surface area contributed by atoms with Gasteiger partial charge in [-0.1, -0.05) is 13.8 Å². The Morgan fingerprint density at radius 3 is 1.95 bits per heavy atom. The number of carbonyl (C=O) groups is 1. The summed E-state index contributed by atoms with van der Waals surface area (Å²) >= 11 is 0. The molecule has 3 N–H and O–H groups in total. The van der Waals surface area contributed by atoms with E-state index in [4.69, 9.17) is 4.74 Å². The molecule has 0 aliphatic rings. The lowest BCUT2D eigenvalue weighted by molar-refractivity contribution is 0.0351. The van der Waals surface area contributed by atoms with Crippen molar-refractivity contribution < 1.29 is 14.6 Å². The van der Waals surface area contributed by atoms with Gasteiger partial charge in [0.05, 0.1) is 11.1 Å². The van der Waals surface area contributed by atoms with Crippen LogP contribution in [0.1, 0.15) is 68.2 Å². The zero-order chi connectivity index (χ0) is 16.9. The largest absolute Gasteiger partial charge is 0.444 e. The zero-order valence-corrected chi connectivity index (χ0v) is 15.0. The average Bonchev–Trinajstić information content (AvgIpc) is 2.30. The topological polar surface area (TPSA) is 70.6 Å². The van der Waals surface area contributed by atoms with Gasteiger partial charge in [0.25, 0.3) is 0 Å². The highest BCUT2D eigenvalue weighted by atomic mass is 16.6. The first-order valence-corrected chi connectivity index (χ1v) is 7.82. The lowest BCUT2D eigenvalue weighted by Crippen LogP contribution is -2.58. The molecular weight excluding hydrogens is 268 g/mol. The SMILES string of the molecule is CCC(CC)(CNC(C)C(C)(C)O)NC(=O)OC(C)(C)C. The smallest absolute Gasteiger partial charge is 0.408 e. The van der Waals surface area contributed by atoms with E-state index in [0.29, 0.717) is 6.54 Å². The van der Waals surface area contributed by atoms with Gasteiger partial charge in [0, 0.05) is 12.6 Å². The van der Waals surface area contributed by atoms with Crippen molar-refractivity contribution in [3.05, 3.63) is 0 Å². The van der Waals surface area contributed by atoms with Crippen LogP contribution in [0, 0.1) is 0 Å². The van der Waals surface area contributed by atoms with Crippen LogP contribution in [0.3, 0.4) is 0 Å². The first-order chi connectivity index (χ1) is 9.35. The molecule has 0 aliphatic heterocycles. The molecule has 0 saturated heterocycles. The number of nitrogens with one attached hydrogen (secondary N) is 2. The number of hydrogen-bond acceptors (Lipinski definition) is 4. The second-order valence-electron chi connectivity index (χ2n) is 7.37. The van der Waals surface area contributed by atoms with Gasteiger partial charge in [-0.15, -0.1) is 0 Å². The highest BCUT2D eigenvalue weighted by Gasteiger charge is 2.32. The van der Waals surface area contributed by atoms with Crippen LogP contribution in [0.4, 0.5) is 4.79 Å². The van der Waals surface area contributed by atoms with E-state index < -0.39 is 17.3 Å². The minimum atomic E-state index is -0.806. The van der Waals surface area contributed by atoms with Gasteiger partial charge in [-0.05, 0) is 54.4 Å². The fraction of sp³-hybridized carbons (Fsp3) is 0.938. The molecular formula is C16H34N2O3. The first kappa shape index (κ1) is 20.2. The van der Waals surface area contributed by atoms with Crippen molar-refractivity contribution in [2.75, 3.05) is 6.54 Å². The summed E-state index contributed by atoms with van der Waals surface area (Å²) in [6.07, 6.45) is 1.17. The molecule has 0 aromatic carbocycles. The Bertz CT molecular complexity index is 325. The maximum absolute atomic E-state index is 12.0. The van der Waals surface area contributed by atoms with E-state index in [2.05, 4.69) is 10.6 Å². The summed E-state index contributed by atoms with van der Waals surface area (Å²) in [5, 5.41) is 16.3. The Kier molecular flexibility index (Phi) is 7.16. The van der Waals surface area contributed by atoms with Crippen molar-refractivity contribution in [2.45, 2.75) is 91.0 Å². The number of amides is 1. The third-order valence-corrected chi connectivity index (χ3v) is 3.93. The van der Waals surface area contributed by atoms with Crippen LogP contribution in [0.2, 0.25) is 0 Å². The van der Waals surface area contributed by atoms with Crippen LogP contribution in [-0.2, 0) is 4.74 Å². The van der Waals surface area contributed by atoms with Crippen molar-refractivity contribution in [2.24, 2.45) is 0 Å². The summed E-state index contributed by atoms with van der Waals surface area (Å²) in [5.41, 5.74) is -1.69. The van der Waals surface area contributed by atoms with Crippen molar-refractivity contribution in [1.29, 1.82) is 0 Å². The molecule has 0 rings (SSSR count). The lowest BCUT2D eigenvalue weighted by atomic mass is 9.91. The molecule has 0 aliphatic carbocycles. The number of aliphatic hydroxyl groups is 1. The van der Waals surface area contributed by atoms with Crippen LogP contribution in [0.15, 0.2) is 0 Å². The molecule has 126 valence electrons. The number of carbonyl (C=O) groups excluding carboxylic acids is 1. The molecule has 0 heterocycles. The predicted octanol–water partition coefficient (Wildman–Crippen LogP) is 2.82. The van der Waals surface area contributed by atoms with E-state index in [1.54, 1.807) is 13.8 Å². The van der Waals surface area contributed by atoms with Crippen molar-refractivity contribution >= 4 is 6.09 Å². The second-order valence-corrected chi connectivity index (χ2v) is 7.37. The maximum Gasteiger partial charge on any atom is 0.408 e. The number of alkyl carbamates (subject to hydrolysis) is 1. The minimum Gasteiger partial charge on any atom is -0.444 e. The van der Waals surface area contributed by atoms with Crippen LogP contribution in [0.5, 0.6) is 0 Å². The van der Waals surface area contributed by atoms with Crippen molar-refractivity contribution in [3.8, 4) is 0 Å². The Balaban J connectivity index is 4.74. The molecule has 0 fully saturated rings. The molecule has 0 bridgehead atoms. The van der Waals surface area contributed by atoms with Crippen LogP contribution < -0.4 is 10.6 Å². The first-order valence-electron chi connectivity index (χ1n) is 7.82. The Labute approximate surface area is 129 Å². The summed E-state index contributed by atoms with van der Waals surface area (Å²) in [7, 11) is 0. The van der Waals surface area contributed by atoms with E-state index in [1.807, 2.05) is 41.5 Å². The summed E-state index contributed by atoms with van der Waals surface area (Å²) in [5.74, 6) is 0. The molecule has 5 heteroatoms. The summed E-state index contributed by atoms with van der Waals surface area (Å²) in [4.78, 5) is 12.0. The summed E-state index contributed by atoms with van der Waals surface area (Å²) in [6, 6.07) is -0.0737. The molecule has 1 atom stereocenters. The molecule has 1 amide bonds. The molecule has 1 unspecified atom stereocenters. The standard InChI is InChI=1S/C16H34N2O3/c1-9-16(10-2,11-17-12(3)15(7,8)20)18-13(19)21-14(4,5)6/h12,17,20H,9-11H2,1-8H3,(H,18,19). The van der Waals surface area contributed by atoms with Crippen molar-refractivity contribution in [1.82, 2.24) is 10.6 Å². The Morgan fingerprint density at radius 1 is 1.14 bits per heavy atom. The molecule has 5 nitrogen and oxygen atoms in total. The van der Waals surface area contributed by atoms with Gasteiger partial charge < -0.3 is 20.5 Å². The van der Waals surface area contributed by atoms with E-state index in [9.17, 15) is 9.90 Å². The summed E-state index contributed by atoms with van der Waals surface area (Å²) in [6.45, 7) is 15.7. The number of hydrogen-bond donors (Lipinski definition) is 3. The second kappa shape index (κ2) is 7.45. The van der Waals surface area contributed by atoms with E-state index in [0.717, 1.165) is 12.8 Å². The van der Waals surface area contributed by atoms with Crippen LogP contribution in [-0.4, -0.2) is 40.5 Å². The van der Waals surface area contributed by atoms with Gasteiger partial charge in [0.2, 0.25) is 0 Å². The Hall–Kier alpha value is -0.810. The molecule has 0 radical (unpaired) electrons. The van der Waals surface area contributed by atoms with E-state index in [-0.39, 0.29) is 11.6 Å². The highest BCUT2D eigenvalue weighted by molar-refractivity contribution is 5.68. The van der Waals surface area contributed by atoms with Gasteiger partial charge in [-0.25, -0.2) is 4.79 Å². The van der Waals surface area contributed by atoms with Gasteiger partial charge in [-0.3, -0.25) is 0 Å². The summed E-state index contributed by atoms with van der Waals surface area (Å²) < 4.78 is 5.34. The molecule has 0 spiro atoms. The fourth-order valence-corrected chi connectivity index (χ4v) is 1.84. The van der Waals surface area contributed by atoms with Crippen LogP contribution in [0.25, 0.3) is 0 Å². The zero-order valence-electron chi connectivity index (χ0n) is 15.0. The Morgan fingerprint density at radius 2 is 1.62 bits per heavy atom. The predicted molar refractivity (Wildman–Crippen MR) is 86.4 cm³/mol. The van der Waals surface area contributed by atoms with Gasteiger partial charge in [-0.2, -0.15) is 0 Å². The monoisotopic (exact) mass is 302 g/mol. The molecule has 0 aromatic heterocycles. The normalized spacial score (nSPS) is 14.7. The lowest BCUT2D eigenvalue weighted by Gasteiger charge is -2.37. The minimum absolute atomic E-state index is 0.0737. The van der Waals surface area contributed by atoms with Crippen molar-refractivity contribution in [3.63, 3.8) is 0 Å². The average molecular weight is 302 g/mol. The van der Waals surface area contributed by atoms with E-state index >= 15 is 0 Å². The molecule has 21 heavy (non-hydrogen) atoms. The quantitative estimate of drug-likeness (QED) is 0.676. The molecule has 0 aromatic rings. The van der Waals surface area contributed by atoms with Gasteiger partial charge >= 0.3 is 6.09 Å². The number of rotatable bonds is 7. The maximum atomic E-state index is 12.0.